The summed E-state index contributed by atoms with van der Waals surface area (Å²) in [6.45, 7) is 1.99. The Morgan fingerprint density at radius 3 is 2.38 bits per heavy atom. The summed E-state index contributed by atoms with van der Waals surface area (Å²) in [6.07, 6.45) is -3.81. The van der Waals surface area contributed by atoms with Crippen LogP contribution in [0.5, 0.6) is 0 Å². The van der Waals surface area contributed by atoms with Gasteiger partial charge in [0, 0.05) is 11.8 Å². The highest BCUT2D eigenvalue weighted by molar-refractivity contribution is 6.18. The number of aryl methyl sites for hydroxylation is 1. The largest absolute Gasteiger partial charge is 0.416 e. The Morgan fingerprint density at radius 1 is 1.05 bits per heavy atom. The summed E-state index contributed by atoms with van der Waals surface area (Å²) in [5.74, 6) is 0.384. The molecule has 0 bridgehead atoms. The fourth-order valence-corrected chi connectivity index (χ4v) is 2.63. The van der Waals surface area contributed by atoms with Crippen molar-refractivity contribution in [1.29, 1.82) is 0 Å². The van der Waals surface area contributed by atoms with E-state index >= 15 is 0 Å². The molecule has 0 fully saturated rings. The highest BCUT2D eigenvalue weighted by Gasteiger charge is 2.30. The quantitative estimate of drug-likeness (QED) is 0.647. The van der Waals surface area contributed by atoms with Crippen LogP contribution in [0.25, 0.3) is 0 Å². The van der Waals surface area contributed by atoms with Crippen molar-refractivity contribution in [2.75, 3.05) is 5.88 Å². The first-order chi connectivity index (χ1) is 9.90. The molecule has 0 saturated carbocycles. The molecule has 2 aromatic carbocycles. The third-order valence-electron chi connectivity index (χ3n) is 3.44. The lowest BCUT2D eigenvalue weighted by atomic mass is 9.92. The van der Waals surface area contributed by atoms with Crippen LogP contribution < -0.4 is 0 Å². The van der Waals surface area contributed by atoms with Crippen molar-refractivity contribution in [1.82, 2.24) is 0 Å². The van der Waals surface area contributed by atoms with E-state index in [4.69, 9.17) is 11.6 Å². The maximum atomic E-state index is 12.7. The van der Waals surface area contributed by atoms with Gasteiger partial charge in [-0.3, -0.25) is 0 Å². The van der Waals surface area contributed by atoms with Crippen LogP contribution in [0.4, 0.5) is 13.2 Å². The number of hydrogen-bond donors (Lipinski definition) is 0. The summed E-state index contributed by atoms with van der Waals surface area (Å²) >= 11 is 6.01. The van der Waals surface area contributed by atoms with Crippen LogP contribution >= 0.6 is 11.6 Å². The van der Waals surface area contributed by atoms with Crippen molar-refractivity contribution in [2.45, 2.75) is 25.4 Å². The van der Waals surface area contributed by atoms with E-state index in [-0.39, 0.29) is 5.92 Å². The van der Waals surface area contributed by atoms with Gasteiger partial charge in [-0.1, -0.05) is 48.0 Å². The number of halogens is 4. The Balaban J connectivity index is 2.23. The lowest BCUT2D eigenvalue weighted by molar-refractivity contribution is -0.137. The van der Waals surface area contributed by atoms with E-state index in [1.807, 2.05) is 31.2 Å². The first-order valence-corrected chi connectivity index (χ1v) is 7.22. The maximum Gasteiger partial charge on any atom is 0.416 e. The summed E-state index contributed by atoms with van der Waals surface area (Å²) in [4.78, 5) is 0. The van der Waals surface area contributed by atoms with E-state index in [0.29, 0.717) is 17.9 Å². The first kappa shape index (κ1) is 15.9. The second-order valence-electron chi connectivity index (χ2n) is 5.17. The zero-order valence-electron chi connectivity index (χ0n) is 11.6. The van der Waals surface area contributed by atoms with Gasteiger partial charge in [-0.05, 0) is 30.5 Å². The van der Waals surface area contributed by atoms with Crippen LogP contribution in [0.3, 0.4) is 0 Å². The molecular weight excluding hydrogens is 297 g/mol. The highest BCUT2D eigenvalue weighted by Crippen LogP contribution is 2.31. The van der Waals surface area contributed by atoms with Crippen molar-refractivity contribution in [3.63, 3.8) is 0 Å². The van der Waals surface area contributed by atoms with Gasteiger partial charge in [0.1, 0.15) is 0 Å². The second-order valence-corrected chi connectivity index (χ2v) is 5.48. The molecule has 0 aliphatic heterocycles. The molecule has 0 aliphatic carbocycles. The molecule has 1 atom stereocenters. The fraction of sp³-hybridized carbons (Fsp3) is 0.294. The minimum Gasteiger partial charge on any atom is -0.166 e. The summed E-state index contributed by atoms with van der Waals surface area (Å²) < 4.78 is 38.2. The Morgan fingerprint density at radius 2 is 1.76 bits per heavy atom. The predicted molar refractivity (Wildman–Crippen MR) is 79.8 cm³/mol. The molecule has 0 N–H and O–H groups in total. The zero-order valence-corrected chi connectivity index (χ0v) is 12.4. The normalized spacial score (nSPS) is 13.2. The minimum absolute atomic E-state index is 0.00931. The van der Waals surface area contributed by atoms with Gasteiger partial charge in [-0.15, -0.1) is 11.6 Å². The van der Waals surface area contributed by atoms with Gasteiger partial charge in [0.25, 0.3) is 0 Å². The number of alkyl halides is 4. The molecular formula is C17H16ClF3. The molecule has 0 radical (unpaired) electrons. The Bertz CT molecular complexity index is 605. The molecule has 0 amide bonds. The Labute approximate surface area is 127 Å². The third kappa shape index (κ3) is 4.24. The second kappa shape index (κ2) is 6.52. The van der Waals surface area contributed by atoms with Crippen molar-refractivity contribution >= 4 is 11.6 Å². The zero-order chi connectivity index (χ0) is 15.5. The molecule has 2 aromatic rings. The van der Waals surface area contributed by atoms with Gasteiger partial charge in [0.05, 0.1) is 5.56 Å². The third-order valence-corrected chi connectivity index (χ3v) is 3.81. The average molecular weight is 313 g/mol. The van der Waals surface area contributed by atoms with E-state index < -0.39 is 11.7 Å². The van der Waals surface area contributed by atoms with E-state index in [0.717, 1.165) is 17.2 Å². The van der Waals surface area contributed by atoms with Gasteiger partial charge in [0.15, 0.2) is 0 Å². The number of hydrogen-bond acceptors (Lipinski definition) is 0. The van der Waals surface area contributed by atoms with Crippen LogP contribution in [-0.4, -0.2) is 5.88 Å². The van der Waals surface area contributed by atoms with Crippen LogP contribution in [0, 0.1) is 6.92 Å². The highest BCUT2D eigenvalue weighted by atomic mass is 35.5. The van der Waals surface area contributed by atoms with Crippen LogP contribution in [-0.2, 0) is 12.6 Å². The number of rotatable bonds is 4. The molecule has 0 spiro atoms. The molecule has 0 saturated heterocycles. The molecule has 1 unspecified atom stereocenters. The average Bonchev–Trinajstić information content (AvgIpc) is 2.44. The van der Waals surface area contributed by atoms with Crippen molar-refractivity contribution in [3.8, 4) is 0 Å². The monoisotopic (exact) mass is 312 g/mol. The van der Waals surface area contributed by atoms with E-state index in [2.05, 4.69) is 0 Å². The van der Waals surface area contributed by atoms with Gasteiger partial charge in [0.2, 0.25) is 0 Å². The molecule has 21 heavy (non-hydrogen) atoms. The summed E-state index contributed by atoms with van der Waals surface area (Å²) in [5, 5.41) is 0. The van der Waals surface area contributed by atoms with Gasteiger partial charge in [-0.2, -0.15) is 13.2 Å². The topological polar surface area (TPSA) is 0 Å². The van der Waals surface area contributed by atoms with E-state index in [1.165, 1.54) is 12.1 Å². The van der Waals surface area contributed by atoms with Crippen molar-refractivity contribution < 1.29 is 13.2 Å². The smallest absolute Gasteiger partial charge is 0.166 e. The standard InChI is InChI=1S/C17H16ClF3/c1-12-4-2-6-14(8-12)15(11-18)9-13-5-3-7-16(10-13)17(19,20)21/h2-8,10,15H,9,11H2,1H3. The minimum atomic E-state index is -4.31. The molecule has 2 rings (SSSR count). The summed E-state index contributed by atoms with van der Waals surface area (Å²) in [5.41, 5.74) is 2.21. The van der Waals surface area contributed by atoms with Crippen molar-refractivity contribution in [2.24, 2.45) is 0 Å². The van der Waals surface area contributed by atoms with E-state index in [1.54, 1.807) is 6.07 Å². The Kier molecular flexibility index (Phi) is 4.94. The summed E-state index contributed by atoms with van der Waals surface area (Å²) in [7, 11) is 0. The maximum absolute atomic E-state index is 12.7. The lowest BCUT2D eigenvalue weighted by Gasteiger charge is -2.16. The lowest BCUT2D eigenvalue weighted by Crippen LogP contribution is -2.08. The van der Waals surface area contributed by atoms with Crippen LogP contribution in [0.1, 0.15) is 28.2 Å². The molecule has 0 heterocycles. The Hall–Kier alpha value is -1.48. The van der Waals surface area contributed by atoms with Gasteiger partial charge >= 0.3 is 6.18 Å². The molecule has 0 nitrogen and oxygen atoms in total. The van der Waals surface area contributed by atoms with Crippen molar-refractivity contribution in [3.05, 3.63) is 70.8 Å². The summed E-state index contributed by atoms with van der Waals surface area (Å²) in [6, 6.07) is 13.4. The molecule has 112 valence electrons. The molecule has 4 heteroatoms. The first-order valence-electron chi connectivity index (χ1n) is 6.69. The molecule has 0 aliphatic rings. The molecule has 0 aromatic heterocycles. The van der Waals surface area contributed by atoms with Gasteiger partial charge < -0.3 is 0 Å². The predicted octanol–water partition coefficient (Wildman–Crippen LogP) is 5.58. The SMILES string of the molecule is Cc1cccc(C(CCl)Cc2cccc(C(F)(F)F)c2)c1. The van der Waals surface area contributed by atoms with Crippen LogP contribution in [0.15, 0.2) is 48.5 Å². The van der Waals surface area contributed by atoms with Crippen LogP contribution in [0.2, 0.25) is 0 Å². The fourth-order valence-electron chi connectivity index (χ4n) is 2.34. The van der Waals surface area contributed by atoms with E-state index in [9.17, 15) is 13.2 Å². The number of benzene rings is 2. The van der Waals surface area contributed by atoms with Gasteiger partial charge in [-0.25, -0.2) is 0 Å².